The number of anilines is 1. The normalized spacial score (nSPS) is 10.8. The first-order valence-corrected chi connectivity index (χ1v) is 10.2. The number of rotatable bonds is 6. The van der Waals surface area contributed by atoms with E-state index in [9.17, 15) is 14.0 Å². The maximum Gasteiger partial charge on any atom is 0.257 e. The van der Waals surface area contributed by atoms with Gasteiger partial charge >= 0.3 is 0 Å². The number of carbonyl (C=O) groups is 2. The molecule has 0 aliphatic carbocycles. The number of aryl methyl sites for hydroxylation is 2. The molecular weight excluding hydrogens is 425 g/mol. The lowest BCUT2D eigenvalue weighted by atomic mass is 10.1. The van der Waals surface area contributed by atoms with Gasteiger partial charge in [0.15, 0.2) is 5.82 Å². The predicted octanol–water partition coefficient (Wildman–Crippen LogP) is 3.99. The molecule has 0 saturated carbocycles. The second-order valence-corrected chi connectivity index (χ2v) is 7.71. The van der Waals surface area contributed by atoms with Crippen LogP contribution in [0.3, 0.4) is 0 Å². The van der Waals surface area contributed by atoms with Crippen LogP contribution in [0.2, 0.25) is 0 Å². The van der Waals surface area contributed by atoms with Gasteiger partial charge in [0, 0.05) is 24.9 Å². The third-order valence-electron chi connectivity index (χ3n) is 4.98. The van der Waals surface area contributed by atoms with Gasteiger partial charge in [0.05, 0.1) is 17.8 Å². The first-order chi connectivity index (χ1) is 15.8. The van der Waals surface area contributed by atoms with Gasteiger partial charge in [0.1, 0.15) is 17.3 Å². The molecule has 0 aliphatic rings. The Morgan fingerprint density at radius 2 is 1.79 bits per heavy atom. The minimum absolute atomic E-state index is 0.195. The molecule has 2 amide bonds. The largest absolute Gasteiger partial charge is 0.360 e. The summed E-state index contributed by atoms with van der Waals surface area (Å²) in [5, 5.41) is 10.9. The van der Waals surface area contributed by atoms with Crippen molar-refractivity contribution in [1.82, 2.24) is 19.8 Å². The Labute approximate surface area is 189 Å². The molecule has 0 unspecified atom stereocenters. The number of nitrogens with one attached hydrogen (secondary N) is 1. The van der Waals surface area contributed by atoms with Gasteiger partial charge in [-0.05, 0) is 38.1 Å². The van der Waals surface area contributed by atoms with E-state index in [1.807, 2.05) is 31.2 Å². The van der Waals surface area contributed by atoms with E-state index in [2.05, 4.69) is 15.6 Å². The molecule has 9 heteroatoms. The van der Waals surface area contributed by atoms with Crippen LogP contribution in [0.4, 0.5) is 10.2 Å². The molecule has 4 rings (SSSR count). The molecular formula is C24H22FN5O3. The van der Waals surface area contributed by atoms with Crippen LogP contribution in [0.15, 0.2) is 65.3 Å². The number of hydrogen-bond acceptors (Lipinski definition) is 5. The zero-order valence-electron chi connectivity index (χ0n) is 18.4. The van der Waals surface area contributed by atoms with E-state index in [0.29, 0.717) is 22.7 Å². The van der Waals surface area contributed by atoms with Gasteiger partial charge in [-0.25, -0.2) is 9.07 Å². The fourth-order valence-electron chi connectivity index (χ4n) is 3.28. The Bertz CT molecular complexity index is 1290. The van der Waals surface area contributed by atoms with E-state index in [-0.39, 0.29) is 24.1 Å². The number of aromatic nitrogens is 3. The maximum atomic E-state index is 13.4. The first kappa shape index (κ1) is 21.9. The van der Waals surface area contributed by atoms with Gasteiger partial charge in [0.25, 0.3) is 5.91 Å². The highest BCUT2D eigenvalue weighted by molar-refractivity contribution is 6.02. The van der Waals surface area contributed by atoms with Crippen molar-refractivity contribution < 1.29 is 18.5 Å². The van der Waals surface area contributed by atoms with Crippen molar-refractivity contribution in [2.75, 3.05) is 18.9 Å². The molecule has 8 nitrogen and oxygen atoms in total. The number of likely N-dealkylation sites (N-methyl/N-ethyl adjacent to an activating group) is 1. The van der Waals surface area contributed by atoms with E-state index >= 15 is 0 Å². The summed E-state index contributed by atoms with van der Waals surface area (Å²) in [6.07, 6.45) is 1.58. The highest BCUT2D eigenvalue weighted by Gasteiger charge is 2.23. The minimum atomic E-state index is -0.415. The third-order valence-corrected chi connectivity index (χ3v) is 4.98. The molecule has 0 spiro atoms. The fourth-order valence-corrected chi connectivity index (χ4v) is 3.28. The lowest BCUT2D eigenvalue weighted by molar-refractivity contribution is -0.116. The van der Waals surface area contributed by atoms with Crippen LogP contribution >= 0.6 is 0 Å². The SMILES string of the molecule is Cc1ccc(-c2nn(-c3ccc(F)cc3)cc2C(=O)N(C)CC(=O)Nc2cc(C)on2)cc1. The quantitative estimate of drug-likeness (QED) is 0.482. The van der Waals surface area contributed by atoms with E-state index in [1.165, 1.54) is 28.8 Å². The summed E-state index contributed by atoms with van der Waals surface area (Å²) in [5.41, 5.74) is 3.20. The average molecular weight is 447 g/mol. The summed E-state index contributed by atoms with van der Waals surface area (Å²) in [7, 11) is 1.53. The summed E-state index contributed by atoms with van der Waals surface area (Å²) in [4.78, 5) is 27.0. The summed E-state index contributed by atoms with van der Waals surface area (Å²) >= 11 is 0. The van der Waals surface area contributed by atoms with E-state index in [1.54, 1.807) is 31.3 Å². The molecule has 2 aromatic carbocycles. The van der Waals surface area contributed by atoms with Crippen LogP contribution in [-0.4, -0.2) is 45.2 Å². The fraction of sp³-hybridized carbons (Fsp3) is 0.167. The molecule has 0 saturated heterocycles. The summed E-state index contributed by atoms with van der Waals surface area (Å²) in [6, 6.07) is 15.0. The van der Waals surface area contributed by atoms with Gasteiger partial charge in [-0.1, -0.05) is 35.0 Å². The number of halogens is 1. The molecule has 33 heavy (non-hydrogen) atoms. The van der Waals surface area contributed by atoms with E-state index in [4.69, 9.17) is 4.52 Å². The zero-order chi connectivity index (χ0) is 23.5. The van der Waals surface area contributed by atoms with Gasteiger partial charge in [-0.15, -0.1) is 0 Å². The molecule has 1 N–H and O–H groups in total. The van der Waals surface area contributed by atoms with Crippen LogP contribution in [0.25, 0.3) is 16.9 Å². The Morgan fingerprint density at radius 1 is 1.09 bits per heavy atom. The van der Waals surface area contributed by atoms with Crippen molar-refractivity contribution in [2.45, 2.75) is 13.8 Å². The number of carbonyl (C=O) groups excluding carboxylic acids is 2. The Balaban J connectivity index is 1.62. The third kappa shape index (κ3) is 4.98. The molecule has 0 bridgehead atoms. The molecule has 2 aromatic heterocycles. The number of amides is 2. The second kappa shape index (κ2) is 9.07. The molecule has 4 aromatic rings. The first-order valence-electron chi connectivity index (χ1n) is 10.2. The zero-order valence-corrected chi connectivity index (χ0v) is 18.4. The van der Waals surface area contributed by atoms with Crippen LogP contribution in [0, 0.1) is 19.7 Å². The Morgan fingerprint density at radius 3 is 2.42 bits per heavy atom. The molecule has 168 valence electrons. The van der Waals surface area contributed by atoms with Crippen molar-refractivity contribution >= 4 is 17.6 Å². The van der Waals surface area contributed by atoms with Crippen molar-refractivity contribution in [3.63, 3.8) is 0 Å². The Hall–Kier alpha value is -4.27. The molecule has 0 fully saturated rings. The monoisotopic (exact) mass is 447 g/mol. The van der Waals surface area contributed by atoms with Gasteiger partial charge in [0.2, 0.25) is 5.91 Å². The standard InChI is InChI=1S/C24H22FN5O3/c1-15-4-6-17(7-5-15)23-20(13-30(27-23)19-10-8-18(25)9-11-19)24(32)29(3)14-22(31)26-21-12-16(2)33-28-21/h4-13H,14H2,1-3H3,(H,26,28,31). The molecule has 0 radical (unpaired) electrons. The molecule has 0 atom stereocenters. The predicted molar refractivity (Wildman–Crippen MR) is 121 cm³/mol. The highest BCUT2D eigenvalue weighted by Crippen LogP contribution is 2.25. The van der Waals surface area contributed by atoms with Crippen molar-refractivity contribution in [3.05, 3.63) is 83.5 Å². The van der Waals surface area contributed by atoms with Crippen molar-refractivity contribution in [3.8, 4) is 16.9 Å². The van der Waals surface area contributed by atoms with Crippen LogP contribution in [-0.2, 0) is 4.79 Å². The van der Waals surface area contributed by atoms with E-state index in [0.717, 1.165) is 11.1 Å². The van der Waals surface area contributed by atoms with Crippen LogP contribution in [0.5, 0.6) is 0 Å². The lowest BCUT2D eigenvalue weighted by Gasteiger charge is -2.16. The summed E-state index contributed by atoms with van der Waals surface area (Å²) < 4.78 is 19.8. The lowest BCUT2D eigenvalue weighted by Crippen LogP contribution is -2.35. The number of benzene rings is 2. The summed E-state index contributed by atoms with van der Waals surface area (Å²) in [6.45, 7) is 3.49. The maximum absolute atomic E-state index is 13.4. The minimum Gasteiger partial charge on any atom is -0.360 e. The molecule has 2 heterocycles. The topological polar surface area (TPSA) is 93.3 Å². The molecule has 0 aliphatic heterocycles. The Kier molecular flexibility index (Phi) is 6.03. The second-order valence-electron chi connectivity index (χ2n) is 7.71. The van der Waals surface area contributed by atoms with Crippen molar-refractivity contribution in [1.29, 1.82) is 0 Å². The van der Waals surface area contributed by atoms with Crippen LogP contribution in [0.1, 0.15) is 21.7 Å². The smallest absolute Gasteiger partial charge is 0.257 e. The van der Waals surface area contributed by atoms with Crippen LogP contribution < -0.4 is 5.32 Å². The summed E-state index contributed by atoms with van der Waals surface area (Å²) in [5.74, 6) is -0.324. The van der Waals surface area contributed by atoms with Gasteiger partial charge < -0.3 is 14.7 Å². The van der Waals surface area contributed by atoms with Gasteiger partial charge in [-0.3, -0.25) is 9.59 Å². The number of nitrogens with zero attached hydrogens (tertiary/aromatic N) is 4. The van der Waals surface area contributed by atoms with E-state index < -0.39 is 5.91 Å². The average Bonchev–Trinajstić information content (AvgIpc) is 3.40. The van der Waals surface area contributed by atoms with Gasteiger partial charge in [-0.2, -0.15) is 5.10 Å². The highest BCUT2D eigenvalue weighted by atomic mass is 19.1. The number of hydrogen-bond donors (Lipinski definition) is 1. The van der Waals surface area contributed by atoms with Crippen molar-refractivity contribution in [2.24, 2.45) is 0 Å².